The lowest BCUT2D eigenvalue weighted by Gasteiger charge is -2.43. The van der Waals surface area contributed by atoms with Crippen molar-refractivity contribution in [3.05, 3.63) is 0 Å². The van der Waals surface area contributed by atoms with E-state index in [-0.39, 0.29) is 41.9 Å². The third-order valence-electron chi connectivity index (χ3n) is 8.31. The number of carbonyl (C=O) groups excluding carboxylic acids is 2. The molecule has 0 aromatic heterocycles. The molecule has 3 unspecified atom stereocenters. The summed E-state index contributed by atoms with van der Waals surface area (Å²) in [6.45, 7) is 3.74. The topological polar surface area (TPSA) is 60.9 Å². The van der Waals surface area contributed by atoms with Gasteiger partial charge in [-0.15, -0.1) is 0 Å². The molecule has 3 saturated carbocycles. The molecule has 0 radical (unpaired) electrons. The molecule has 3 atom stereocenters. The number of hydrogen-bond acceptors (Lipinski definition) is 3. The van der Waals surface area contributed by atoms with Crippen LogP contribution in [0.3, 0.4) is 0 Å². The average molecular weight is 445 g/mol. The summed E-state index contributed by atoms with van der Waals surface area (Å²) in [5.41, 5.74) is -1.17. The maximum atomic E-state index is 13.6. The number of hydrogen-bond donors (Lipinski definition) is 1. The maximum absolute atomic E-state index is 13.6. The SMILES string of the molecule is CC1CCC(C2CCC(C(=O)N3CCN(C(=O)C4(O)CC4)CC3)CC2)C(C(F)(F)F)C1. The Hall–Kier alpha value is -1.31. The highest BCUT2D eigenvalue weighted by molar-refractivity contribution is 5.88. The molecule has 2 amide bonds. The highest BCUT2D eigenvalue weighted by atomic mass is 19.4. The Morgan fingerprint density at radius 1 is 0.903 bits per heavy atom. The van der Waals surface area contributed by atoms with E-state index in [1.165, 1.54) is 0 Å². The predicted molar refractivity (Wildman–Crippen MR) is 109 cm³/mol. The minimum absolute atomic E-state index is 0.0666. The Labute approximate surface area is 182 Å². The smallest absolute Gasteiger partial charge is 0.380 e. The summed E-state index contributed by atoms with van der Waals surface area (Å²) in [4.78, 5) is 28.7. The molecule has 0 aromatic rings. The normalized spacial score (nSPS) is 36.2. The molecular weight excluding hydrogens is 409 g/mol. The van der Waals surface area contributed by atoms with Gasteiger partial charge in [0.1, 0.15) is 5.60 Å². The number of alkyl halides is 3. The van der Waals surface area contributed by atoms with Gasteiger partial charge in [-0.25, -0.2) is 0 Å². The molecule has 176 valence electrons. The minimum Gasteiger partial charge on any atom is -0.380 e. The summed E-state index contributed by atoms with van der Waals surface area (Å²) in [5.74, 6) is -1.54. The molecule has 1 N–H and O–H groups in total. The Kier molecular flexibility index (Phi) is 6.32. The van der Waals surface area contributed by atoms with Crippen molar-refractivity contribution in [1.29, 1.82) is 0 Å². The van der Waals surface area contributed by atoms with E-state index in [0.717, 1.165) is 6.42 Å². The molecule has 8 heteroatoms. The average Bonchev–Trinajstić information content (AvgIpc) is 3.51. The van der Waals surface area contributed by atoms with Gasteiger partial charge in [0.2, 0.25) is 5.91 Å². The Bertz CT molecular complexity index is 678. The molecule has 4 aliphatic rings. The molecule has 0 bridgehead atoms. The number of nitrogens with zero attached hydrogens (tertiary/aromatic N) is 2. The van der Waals surface area contributed by atoms with Gasteiger partial charge in [0, 0.05) is 32.1 Å². The summed E-state index contributed by atoms with van der Waals surface area (Å²) in [6, 6.07) is 0. The quantitative estimate of drug-likeness (QED) is 0.724. The van der Waals surface area contributed by atoms with Crippen LogP contribution < -0.4 is 0 Å². The first-order valence-electron chi connectivity index (χ1n) is 12.0. The molecule has 0 spiro atoms. The maximum Gasteiger partial charge on any atom is 0.392 e. The van der Waals surface area contributed by atoms with Gasteiger partial charge < -0.3 is 14.9 Å². The zero-order valence-corrected chi connectivity index (χ0v) is 18.4. The Morgan fingerprint density at radius 3 is 2.03 bits per heavy atom. The molecule has 3 aliphatic carbocycles. The van der Waals surface area contributed by atoms with Gasteiger partial charge in [-0.05, 0) is 69.1 Å². The van der Waals surface area contributed by atoms with E-state index in [4.69, 9.17) is 0 Å². The molecule has 5 nitrogen and oxygen atoms in total. The molecule has 1 aliphatic heterocycles. The van der Waals surface area contributed by atoms with Crippen LogP contribution in [0.4, 0.5) is 13.2 Å². The molecular formula is C23H35F3N2O3. The van der Waals surface area contributed by atoms with E-state index < -0.39 is 17.7 Å². The molecule has 4 fully saturated rings. The van der Waals surface area contributed by atoms with E-state index in [9.17, 15) is 27.9 Å². The zero-order valence-electron chi connectivity index (χ0n) is 18.4. The van der Waals surface area contributed by atoms with Gasteiger partial charge in [-0.3, -0.25) is 9.59 Å². The van der Waals surface area contributed by atoms with Crippen molar-refractivity contribution in [2.75, 3.05) is 26.2 Å². The van der Waals surface area contributed by atoms with Crippen LogP contribution in [0.2, 0.25) is 0 Å². The van der Waals surface area contributed by atoms with Crippen LogP contribution >= 0.6 is 0 Å². The van der Waals surface area contributed by atoms with Crippen LogP contribution in [0.15, 0.2) is 0 Å². The van der Waals surface area contributed by atoms with E-state index in [1.54, 1.807) is 9.80 Å². The van der Waals surface area contributed by atoms with Crippen molar-refractivity contribution in [2.45, 2.75) is 76.5 Å². The minimum atomic E-state index is -4.13. The summed E-state index contributed by atoms with van der Waals surface area (Å²) < 4.78 is 40.9. The second-order valence-corrected chi connectivity index (χ2v) is 10.5. The first-order chi connectivity index (χ1) is 14.6. The fourth-order valence-electron chi connectivity index (χ4n) is 6.15. The van der Waals surface area contributed by atoms with Crippen LogP contribution in [0, 0.1) is 29.6 Å². The van der Waals surface area contributed by atoms with Crippen LogP contribution in [-0.2, 0) is 9.59 Å². The predicted octanol–water partition coefficient (Wildman–Crippen LogP) is 3.60. The summed E-state index contributed by atoms with van der Waals surface area (Å²) in [6.07, 6.45) is 1.40. The molecule has 1 saturated heterocycles. The molecule has 31 heavy (non-hydrogen) atoms. The fraction of sp³-hybridized carbons (Fsp3) is 0.913. The largest absolute Gasteiger partial charge is 0.392 e. The second-order valence-electron chi connectivity index (χ2n) is 10.5. The van der Waals surface area contributed by atoms with Crippen LogP contribution in [0.1, 0.15) is 64.7 Å². The van der Waals surface area contributed by atoms with Crippen molar-refractivity contribution < 1.29 is 27.9 Å². The van der Waals surface area contributed by atoms with Crippen molar-refractivity contribution in [2.24, 2.45) is 29.6 Å². The molecule has 0 aromatic carbocycles. The van der Waals surface area contributed by atoms with Gasteiger partial charge in [-0.2, -0.15) is 13.2 Å². The number of aliphatic hydroxyl groups is 1. The van der Waals surface area contributed by atoms with Crippen molar-refractivity contribution in [3.8, 4) is 0 Å². The highest BCUT2D eigenvalue weighted by Crippen LogP contribution is 2.50. The Morgan fingerprint density at radius 2 is 1.48 bits per heavy atom. The van der Waals surface area contributed by atoms with E-state index in [0.29, 0.717) is 71.1 Å². The van der Waals surface area contributed by atoms with E-state index in [1.807, 2.05) is 6.92 Å². The fourth-order valence-corrected chi connectivity index (χ4v) is 6.15. The van der Waals surface area contributed by atoms with Gasteiger partial charge >= 0.3 is 6.18 Å². The first-order valence-corrected chi connectivity index (χ1v) is 12.0. The number of rotatable bonds is 3. The molecule has 4 rings (SSSR count). The van der Waals surface area contributed by atoms with Crippen molar-refractivity contribution in [3.63, 3.8) is 0 Å². The van der Waals surface area contributed by atoms with Crippen LogP contribution in [-0.4, -0.2) is 64.7 Å². The van der Waals surface area contributed by atoms with Gasteiger partial charge in [-0.1, -0.05) is 13.3 Å². The summed E-state index contributed by atoms with van der Waals surface area (Å²) >= 11 is 0. The lowest BCUT2D eigenvalue weighted by molar-refractivity contribution is -0.207. The van der Waals surface area contributed by atoms with Crippen LogP contribution in [0.25, 0.3) is 0 Å². The summed E-state index contributed by atoms with van der Waals surface area (Å²) in [7, 11) is 0. The second kappa shape index (κ2) is 8.56. The van der Waals surface area contributed by atoms with Gasteiger partial charge in [0.15, 0.2) is 0 Å². The third-order valence-corrected chi connectivity index (χ3v) is 8.31. The van der Waals surface area contributed by atoms with E-state index >= 15 is 0 Å². The van der Waals surface area contributed by atoms with Gasteiger partial charge in [0.05, 0.1) is 5.92 Å². The monoisotopic (exact) mass is 444 g/mol. The lowest BCUT2D eigenvalue weighted by Crippen LogP contribution is -2.54. The van der Waals surface area contributed by atoms with Crippen molar-refractivity contribution in [1.82, 2.24) is 9.80 Å². The number of amides is 2. The van der Waals surface area contributed by atoms with Crippen LogP contribution in [0.5, 0.6) is 0 Å². The zero-order chi connectivity index (χ0) is 22.4. The van der Waals surface area contributed by atoms with E-state index in [2.05, 4.69) is 0 Å². The highest BCUT2D eigenvalue weighted by Gasteiger charge is 2.51. The standard InChI is InChI=1S/C23H35F3N2O3/c1-15-2-7-18(19(14-15)23(24,25)26)16-3-5-17(6-4-16)20(29)27-10-12-28(13-11-27)21(30)22(31)8-9-22/h15-19,31H,2-14H2,1H3. The lowest BCUT2D eigenvalue weighted by atomic mass is 9.64. The van der Waals surface area contributed by atoms with Gasteiger partial charge in [0.25, 0.3) is 5.91 Å². The Balaban J connectivity index is 1.27. The summed E-state index contributed by atoms with van der Waals surface area (Å²) in [5, 5.41) is 10.0. The number of piperazine rings is 1. The molecule has 1 heterocycles. The first kappa shape index (κ1) is 22.9. The van der Waals surface area contributed by atoms with Crippen molar-refractivity contribution >= 4 is 11.8 Å². The number of halogens is 3. The number of carbonyl (C=O) groups is 2. The third kappa shape index (κ3) is 4.88.